The number of anilines is 3. The average Bonchev–Trinajstić information content (AvgIpc) is 3.08. The standard InChI is InChI=1S/C22H22ClN5/c1-14-7-8-17(23)12-20(14)27-22-26-15(2)11-21(28-22)24-10-9-16-13-25-19-6-4-3-5-18(16)19/h3-8,11-13,25H,9-10H2,1-2H3,(H2,24,26,27,28). The van der Waals surface area contributed by atoms with E-state index in [1.807, 2.05) is 44.2 Å². The number of aryl methyl sites for hydroxylation is 2. The summed E-state index contributed by atoms with van der Waals surface area (Å²) in [6.45, 7) is 4.77. The second-order valence-corrected chi connectivity index (χ2v) is 7.28. The summed E-state index contributed by atoms with van der Waals surface area (Å²) in [5.41, 5.74) is 5.35. The van der Waals surface area contributed by atoms with Crippen molar-refractivity contribution in [3.05, 3.63) is 76.6 Å². The Hall–Kier alpha value is -3.05. The van der Waals surface area contributed by atoms with Crippen LogP contribution >= 0.6 is 11.6 Å². The molecule has 0 spiro atoms. The highest BCUT2D eigenvalue weighted by Gasteiger charge is 2.07. The van der Waals surface area contributed by atoms with Crippen LogP contribution in [0.4, 0.5) is 17.5 Å². The zero-order chi connectivity index (χ0) is 19.5. The molecular weight excluding hydrogens is 370 g/mol. The molecule has 0 fully saturated rings. The largest absolute Gasteiger partial charge is 0.370 e. The summed E-state index contributed by atoms with van der Waals surface area (Å²) in [4.78, 5) is 12.4. The highest BCUT2D eigenvalue weighted by atomic mass is 35.5. The number of aromatic amines is 1. The van der Waals surface area contributed by atoms with Gasteiger partial charge in [0, 0.05) is 46.1 Å². The molecule has 0 saturated heterocycles. The van der Waals surface area contributed by atoms with E-state index in [-0.39, 0.29) is 0 Å². The molecule has 5 nitrogen and oxygen atoms in total. The van der Waals surface area contributed by atoms with Gasteiger partial charge in [-0.1, -0.05) is 35.9 Å². The van der Waals surface area contributed by atoms with Crippen molar-refractivity contribution in [2.45, 2.75) is 20.3 Å². The van der Waals surface area contributed by atoms with Gasteiger partial charge in [0.05, 0.1) is 0 Å². The molecule has 4 aromatic rings. The molecule has 3 N–H and O–H groups in total. The minimum Gasteiger partial charge on any atom is -0.370 e. The molecule has 0 bridgehead atoms. The van der Waals surface area contributed by atoms with Gasteiger partial charge in [0.1, 0.15) is 5.82 Å². The number of hydrogen-bond donors (Lipinski definition) is 3. The van der Waals surface area contributed by atoms with Crippen LogP contribution in [0.5, 0.6) is 0 Å². The van der Waals surface area contributed by atoms with Gasteiger partial charge in [0.15, 0.2) is 0 Å². The Bertz CT molecular complexity index is 1120. The number of H-pyrrole nitrogens is 1. The molecule has 0 atom stereocenters. The highest BCUT2D eigenvalue weighted by Crippen LogP contribution is 2.23. The smallest absolute Gasteiger partial charge is 0.229 e. The summed E-state index contributed by atoms with van der Waals surface area (Å²) >= 11 is 6.11. The topological polar surface area (TPSA) is 65.6 Å². The molecule has 142 valence electrons. The lowest BCUT2D eigenvalue weighted by Gasteiger charge is -2.11. The molecule has 0 unspecified atom stereocenters. The fraction of sp³-hybridized carbons (Fsp3) is 0.182. The Morgan fingerprint density at radius 3 is 2.79 bits per heavy atom. The van der Waals surface area contributed by atoms with E-state index >= 15 is 0 Å². The number of nitrogens with one attached hydrogen (secondary N) is 3. The molecule has 0 saturated carbocycles. The maximum absolute atomic E-state index is 6.11. The highest BCUT2D eigenvalue weighted by molar-refractivity contribution is 6.30. The Morgan fingerprint density at radius 1 is 1.04 bits per heavy atom. The van der Waals surface area contributed by atoms with E-state index in [0.717, 1.165) is 35.7 Å². The number of rotatable bonds is 6. The van der Waals surface area contributed by atoms with Gasteiger partial charge in [-0.05, 0) is 49.6 Å². The van der Waals surface area contributed by atoms with Crippen molar-refractivity contribution >= 4 is 40.0 Å². The van der Waals surface area contributed by atoms with Crippen molar-refractivity contribution in [3.63, 3.8) is 0 Å². The Kier molecular flexibility index (Phi) is 5.17. The molecule has 2 aromatic heterocycles. The molecule has 4 rings (SSSR count). The number of nitrogens with zero attached hydrogens (tertiary/aromatic N) is 2. The summed E-state index contributed by atoms with van der Waals surface area (Å²) in [5, 5.41) is 8.62. The minimum atomic E-state index is 0.556. The Labute approximate surface area is 169 Å². The fourth-order valence-corrected chi connectivity index (χ4v) is 3.40. The van der Waals surface area contributed by atoms with Gasteiger partial charge in [-0.2, -0.15) is 4.98 Å². The van der Waals surface area contributed by atoms with Gasteiger partial charge in [-0.15, -0.1) is 0 Å². The third kappa shape index (κ3) is 4.10. The van der Waals surface area contributed by atoms with Gasteiger partial charge < -0.3 is 15.6 Å². The molecule has 0 radical (unpaired) electrons. The molecule has 0 aliphatic rings. The van der Waals surface area contributed by atoms with Crippen molar-refractivity contribution in [3.8, 4) is 0 Å². The van der Waals surface area contributed by atoms with E-state index in [9.17, 15) is 0 Å². The number of aromatic nitrogens is 3. The van der Waals surface area contributed by atoms with Crippen molar-refractivity contribution in [2.24, 2.45) is 0 Å². The second-order valence-electron chi connectivity index (χ2n) is 6.84. The van der Waals surface area contributed by atoms with Crippen LogP contribution in [-0.2, 0) is 6.42 Å². The molecule has 28 heavy (non-hydrogen) atoms. The van der Waals surface area contributed by atoms with Gasteiger partial charge >= 0.3 is 0 Å². The molecule has 2 aromatic carbocycles. The first-order valence-corrected chi connectivity index (χ1v) is 9.64. The van der Waals surface area contributed by atoms with Crippen LogP contribution in [0.1, 0.15) is 16.8 Å². The lowest BCUT2D eigenvalue weighted by Crippen LogP contribution is -2.09. The molecule has 0 aliphatic carbocycles. The first-order chi connectivity index (χ1) is 13.6. The maximum atomic E-state index is 6.11. The van der Waals surface area contributed by atoms with Crippen LogP contribution in [-0.4, -0.2) is 21.5 Å². The fourth-order valence-electron chi connectivity index (χ4n) is 3.23. The summed E-state index contributed by atoms with van der Waals surface area (Å²) in [6, 6.07) is 16.0. The predicted molar refractivity (Wildman–Crippen MR) is 117 cm³/mol. The van der Waals surface area contributed by atoms with Gasteiger partial charge in [-0.25, -0.2) is 4.98 Å². The Morgan fingerprint density at radius 2 is 1.89 bits per heavy atom. The zero-order valence-corrected chi connectivity index (χ0v) is 16.6. The first kappa shape index (κ1) is 18.3. The molecular formula is C22H22ClN5. The van der Waals surface area contributed by atoms with E-state index in [4.69, 9.17) is 11.6 Å². The average molecular weight is 392 g/mol. The van der Waals surface area contributed by atoms with Crippen LogP contribution < -0.4 is 10.6 Å². The lowest BCUT2D eigenvalue weighted by molar-refractivity contribution is 1.00. The zero-order valence-electron chi connectivity index (χ0n) is 15.9. The van der Waals surface area contributed by atoms with Crippen LogP contribution in [0.15, 0.2) is 54.7 Å². The number of benzene rings is 2. The van der Waals surface area contributed by atoms with Crippen LogP contribution in [0.2, 0.25) is 5.02 Å². The summed E-state index contributed by atoms with van der Waals surface area (Å²) in [7, 11) is 0. The van der Waals surface area contributed by atoms with Crippen LogP contribution in [0.25, 0.3) is 10.9 Å². The number of hydrogen-bond acceptors (Lipinski definition) is 4. The predicted octanol–water partition coefficient (Wildman–Crippen LogP) is 5.63. The minimum absolute atomic E-state index is 0.556. The van der Waals surface area contributed by atoms with Crippen molar-refractivity contribution in [1.29, 1.82) is 0 Å². The monoisotopic (exact) mass is 391 g/mol. The van der Waals surface area contributed by atoms with Crippen molar-refractivity contribution in [2.75, 3.05) is 17.2 Å². The number of halogens is 1. The van der Waals surface area contributed by atoms with Crippen molar-refractivity contribution < 1.29 is 0 Å². The quantitative estimate of drug-likeness (QED) is 0.398. The molecule has 0 aliphatic heterocycles. The Balaban J connectivity index is 1.46. The van der Waals surface area contributed by atoms with E-state index < -0.39 is 0 Å². The normalized spacial score (nSPS) is 11.0. The second kappa shape index (κ2) is 7.90. The maximum Gasteiger partial charge on any atom is 0.229 e. The van der Waals surface area contributed by atoms with Gasteiger partial charge in [-0.3, -0.25) is 0 Å². The summed E-state index contributed by atoms with van der Waals surface area (Å²) in [6.07, 6.45) is 2.98. The number of fused-ring (bicyclic) bond motifs is 1. The van der Waals surface area contributed by atoms with Gasteiger partial charge in [0.25, 0.3) is 0 Å². The van der Waals surface area contributed by atoms with Crippen LogP contribution in [0, 0.1) is 13.8 Å². The summed E-state index contributed by atoms with van der Waals surface area (Å²) < 4.78 is 0. The van der Waals surface area contributed by atoms with Crippen molar-refractivity contribution in [1.82, 2.24) is 15.0 Å². The van der Waals surface area contributed by atoms with Crippen LogP contribution in [0.3, 0.4) is 0 Å². The summed E-state index contributed by atoms with van der Waals surface area (Å²) in [5.74, 6) is 1.36. The third-order valence-corrected chi connectivity index (χ3v) is 4.91. The molecule has 2 heterocycles. The van der Waals surface area contributed by atoms with E-state index in [1.165, 1.54) is 16.5 Å². The van der Waals surface area contributed by atoms with E-state index in [2.05, 4.69) is 50.0 Å². The van der Waals surface area contributed by atoms with E-state index in [1.54, 1.807) is 0 Å². The molecule has 6 heteroatoms. The third-order valence-electron chi connectivity index (χ3n) is 4.68. The van der Waals surface area contributed by atoms with Gasteiger partial charge in [0.2, 0.25) is 5.95 Å². The SMILES string of the molecule is Cc1cc(NCCc2c[nH]c3ccccc23)nc(Nc2cc(Cl)ccc2C)n1. The lowest BCUT2D eigenvalue weighted by atomic mass is 10.1. The van der Waals surface area contributed by atoms with E-state index in [0.29, 0.717) is 11.0 Å². The first-order valence-electron chi connectivity index (χ1n) is 9.26. The molecule has 0 amide bonds. The number of para-hydroxylation sites is 1.